The fourth-order valence-electron chi connectivity index (χ4n) is 2.23. The van der Waals surface area contributed by atoms with Crippen molar-refractivity contribution >= 4 is 15.8 Å². The summed E-state index contributed by atoms with van der Waals surface area (Å²) >= 11 is 0. The van der Waals surface area contributed by atoms with Gasteiger partial charge >= 0.3 is 0 Å². The monoisotopic (exact) mass is 397 g/mol. The first kappa shape index (κ1) is 23.3. The Morgan fingerprint density at radius 3 is 2.48 bits per heavy atom. The summed E-state index contributed by atoms with van der Waals surface area (Å²) in [6, 6.07) is 6.12. The lowest BCUT2D eigenvalue weighted by Gasteiger charge is -2.20. The highest BCUT2D eigenvalue weighted by atomic mass is 32.2. The second kappa shape index (κ2) is 9.97. The Morgan fingerprint density at radius 2 is 1.93 bits per heavy atom. The first-order valence-electron chi connectivity index (χ1n) is 9.43. The molecule has 0 fully saturated rings. The number of aliphatic imine (C=N–C) groups is 1. The van der Waals surface area contributed by atoms with E-state index in [0.717, 1.165) is 23.3 Å². The molecule has 0 aliphatic carbocycles. The van der Waals surface area contributed by atoms with Gasteiger partial charge in [-0.05, 0) is 52.7 Å². The average Bonchev–Trinajstić information content (AvgIpc) is 2.58. The fourth-order valence-corrected chi connectivity index (χ4v) is 3.21. The van der Waals surface area contributed by atoms with Crippen molar-refractivity contribution in [1.29, 1.82) is 0 Å². The van der Waals surface area contributed by atoms with E-state index in [2.05, 4.69) is 29.5 Å². The van der Waals surface area contributed by atoms with E-state index >= 15 is 0 Å². The van der Waals surface area contributed by atoms with Gasteiger partial charge in [0.1, 0.15) is 5.75 Å². The van der Waals surface area contributed by atoms with Crippen molar-refractivity contribution in [1.82, 2.24) is 10.6 Å². The number of rotatable bonds is 8. The largest absolute Gasteiger partial charge is 0.490 e. The second-order valence-corrected chi connectivity index (χ2v) is 10.6. The number of ether oxygens (including phenoxy) is 1. The zero-order valence-corrected chi connectivity index (χ0v) is 18.5. The summed E-state index contributed by atoms with van der Waals surface area (Å²) < 4.78 is 29.7. The molecule has 1 atom stereocenters. The molecule has 0 saturated heterocycles. The van der Waals surface area contributed by atoms with Crippen molar-refractivity contribution in [2.75, 3.05) is 19.3 Å². The summed E-state index contributed by atoms with van der Waals surface area (Å²) in [6.45, 7) is 12.2. The van der Waals surface area contributed by atoms with Crippen LogP contribution in [0.4, 0.5) is 0 Å². The standard InChI is InChI=1S/C20H35N3O3S/c1-8-16(3)26-18-13-15(2)9-10-17(18)14-23-19(21-7)22-11-12-27(24,25)20(4,5)6/h9-10,13,16H,8,11-12,14H2,1-7H3,(H2,21,22,23). The first-order chi connectivity index (χ1) is 12.5. The first-order valence-corrected chi connectivity index (χ1v) is 11.1. The van der Waals surface area contributed by atoms with Crippen LogP contribution in [0.25, 0.3) is 0 Å². The molecule has 1 aromatic rings. The van der Waals surface area contributed by atoms with Gasteiger partial charge in [0.05, 0.1) is 16.6 Å². The lowest BCUT2D eigenvalue weighted by atomic mass is 10.1. The molecule has 0 heterocycles. The zero-order valence-electron chi connectivity index (χ0n) is 17.7. The Hall–Kier alpha value is -1.76. The van der Waals surface area contributed by atoms with Crippen molar-refractivity contribution in [2.24, 2.45) is 4.99 Å². The Kier molecular flexibility index (Phi) is 8.59. The second-order valence-electron chi connectivity index (χ2n) is 7.73. The molecule has 0 aliphatic heterocycles. The highest BCUT2D eigenvalue weighted by Crippen LogP contribution is 2.22. The number of benzene rings is 1. The van der Waals surface area contributed by atoms with Crippen LogP contribution in [0, 0.1) is 6.92 Å². The molecular weight excluding hydrogens is 362 g/mol. The molecule has 1 rings (SSSR count). The third kappa shape index (κ3) is 7.40. The van der Waals surface area contributed by atoms with Crippen molar-refractivity contribution in [2.45, 2.75) is 65.4 Å². The maximum atomic E-state index is 12.2. The van der Waals surface area contributed by atoms with Crippen LogP contribution in [-0.2, 0) is 16.4 Å². The molecule has 27 heavy (non-hydrogen) atoms. The van der Waals surface area contributed by atoms with Crippen LogP contribution in [0.3, 0.4) is 0 Å². The van der Waals surface area contributed by atoms with Crippen LogP contribution in [0.2, 0.25) is 0 Å². The molecule has 1 unspecified atom stereocenters. The molecule has 0 aromatic heterocycles. The van der Waals surface area contributed by atoms with Gasteiger partial charge in [-0.3, -0.25) is 4.99 Å². The van der Waals surface area contributed by atoms with Crippen molar-refractivity contribution in [3.63, 3.8) is 0 Å². The minimum atomic E-state index is -3.16. The molecule has 0 radical (unpaired) electrons. The maximum Gasteiger partial charge on any atom is 0.191 e. The Labute approximate surface area is 164 Å². The average molecular weight is 398 g/mol. The summed E-state index contributed by atoms with van der Waals surface area (Å²) in [6.07, 6.45) is 1.08. The predicted molar refractivity (Wildman–Crippen MR) is 113 cm³/mol. The minimum absolute atomic E-state index is 0.0596. The zero-order chi connectivity index (χ0) is 20.7. The lowest BCUT2D eigenvalue weighted by Crippen LogP contribution is -2.41. The summed E-state index contributed by atoms with van der Waals surface area (Å²) in [7, 11) is -1.50. The van der Waals surface area contributed by atoms with Gasteiger partial charge in [0.25, 0.3) is 0 Å². The Balaban J connectivity index is 2.68. The normalized spacial score (nSPS) is 14.0. The maximum absolute atomic E-state index is 12.2. The number of hydrogen-bond acceptors (Lipinski definition) is 4. The third-order valence-electron chi connectivity index (χ3n) is 4.39. The van der Waals surface area contributed by atoms with Crippen LogP contribution >= 0.6 is 0 Å². The van der Waals surface area contributed by atoms with Crippen LogP contribution < -0.4 is 15.4 Å². The number of guanidine groups is 1. The van der Waals surface area contributed by atoms with Crippen LogP contribution in [0.5, 0.6) is 5.75 Å². The van der Waals surface area contributed by atoms with E-state index in [1.54, 1.807) is 27.8 Å². The molecule has 7 heteroatoms. The third-order valence-corrected chi connectivity index (χ3v) is 7.00. The Morgan fingerprint density at radius 1 is 1.26 bits per heavy atom. The van der Waals surface area contributed by atoms with Gasteiger partial charge in [0, 0.05) is 25.7 Å². The van der Waals surface area contributed by atoms with Gasteiger partial charge in [-0.15, -0.1) is 0 Å². The number of aryl methyl sites for hydroxylation is 1. The molecule has 6 nitrogen and oxygen atoms in total. The summed E-state index contributed by atoms with van der Waals surface area (Å²) in [5.41, 5.74) is 2.18. The predicted octanol–water partition coefficient (Wildman–Crippen LogP) is 3.05. The van der Waals surface area contributed by atoms with E-state index in [4.69, 9.17) is 4.74 Å². The molecule has 154 valence electrons. The van der Waals surface area contributed by atoms with Gasteiger partial charge < -0.3 is 15.4 Å². The fraction of sp³-hybridized carbons (Fsp3) is 0.650. The van der Waals surface area contributed by atoms with Crippen molar-refractivity contribution in [3.8, 4) is 5.75 Å². The van der Waals surface area contributed by atoms with Gasteiger partial charge in [0.2, 0.25) is 0 Å². The molecule has 0 spiro atoms. The SMILES string of the molecule is CCC(C)Oc1cc(C)ccc1CNC(=NC)NCCS(=O)(=O)C(C)(C)C. The van der Waals surface area contributed by atoms with Crippen LogP contribution in [-0.4, -0.2) is 44.6 Å². The Bertz CT molecular complexity index is 737. The highest BCUT2D eigenvalue weighted by molar-refractivity contribution is 7.92. The number of nitrogens with zero attached hydrogens (tertiary/aromatic N) is 1. The highest BCUT2D eigenvalue weighted by Gasteiger charge is 2.28. The quantitative estimate of drug-likeness (QED) is 0.521. The van der Waals surface area contributed by atoms with Crippen LogP contribution in [0.1, 0.15) is 52.2 Å². The van der Waals surface area contributed by atoms with E-state index in [1.165, 1.54) is 0 Å². The van der Waals surface area contributed by atoms with E-state index in [0.29, 0.717) is 19.0 Å². The summed E-state index contributed by atoms with van der Waals surface area (Å²) in [5.74, 6) is 1.49. The van der Waals surface area contributed by atoms with Crippen LogP contribution in [0.15, 0.2) is 23.2 Å². The van der Waals surface area contributed by atoms with Crippen molar-refractivity contribution < 1.29 is 13.2 Å². The molecule has 2 N–H and O–H groups in total. The van der Waals surface area contributed by atoms with Gasteiger partial charge in [0.15, 0.2) is 15.8 Å². The molecule has 0 saturated carbocycles. The molecule has 0 amide bonds. The molecule has 0 aliphatic rings. The van der Waals surface area contributed by atoms with E-state index in [1.807, 2.05) is 25.1 Å². The number of hydrogen-bond donors (Lipinski definition) is 2. The van der Waals surface area contributed by atoms with E-state index in [9.17, 15) is 8.42 Å². The topological polar surface area (TPSA) is 79.8 Å². The smallest absolute Gasteiger partial charge is 0.191 e. The number of sulfone groups is 1. The van der Waals surface area contributed by atoms with Crippen molar-refractivity contribution in [3.05, 3.63) is 29.3 Å². The molecular formula is C20H35N3O3S. The van der Waals surface area contributed by atoms with Gasteiger partial charge in [-0.25, -0.2) is 8.42 Å². The summed E-state index contributed by atoms with van der Waals surface area (Å²) in [5, 5.41) is 6.30. The lowest BCUT2D eigenvalue weighted by molar-refractivity contribution is 0.215. The van der Waals surface area contributed by atoms with Gasteiger partial charge in [-0.2, -0.15) is 0 Å². The molecule has 0 bridgehead atoms. The summed E-state index contributed by atoms with van der Waals surface area (Å²) in [4.78, 5) is 4.17. The van der Waals surface area contributed by atoms with E-state index in [-0.39, 0.29) is 11.9 Å². The number of nitrogens with one attached hydrogen (secondary N) is 2. The molecule has 1 aromatic carbocycles. The minimum Gasteiger partial charge on any atom is -0.490 e. The van der Waals surface area contributed by atoms with Gasteiger partial charge in [-0.1, -0.05) is 19.1 Å². The van der Waals surface area contributed by atoms with E-state index < -0.39 is 14.6 Å².